The quantitative estimate of drug-likeness (QED) is 0.851. The van der Waals surface area contributed by atoms with Crippen molar-refractivity contribution in [1.82, 2.24) is 10.2 Å². The van der Waals surface area contributed by atoms with Crippen LogP contribution in [0.15, 0.2) is 48.5 Å². The molecule has 1 aliphatic heterocycles. The van der Waals surface area contributed by atoms with Crippen LogP contribution in [0.4, 0.5) is 0 Å². The minimum absolute atomic E-state index is 0.00609. The first-order valence-corrected chi connectivity index (χ1v) is 9.19. The van der Waals surface area contributed by atoms with Crippen LogP contribution in [0.2, 0.25) is 0 Å². The molecule has 2 amide bonds. The Morgan fingerprint density at radius 2 is 1.78 bits per heavy atom. The fourth-order valence-electron chi connectivity index (χ4n) is 3.19. The number of rotatable bonds is 5. The molecule has 0 unspecified atom stereocenters. The van der Waals surface area contributed by atoms with Gasteiger partial charge in [-0.2, -0.15) is 0 Å². The average Bonchev–Trinajstić information content (AvgIpc) is 2.69. The molecule has 2 N–H and O–H groups in total. The van der Waals surface area contributed by atoms with Gasteiger partial charge < -0.3 is 20.1 Å². The highest BCUT2D eigenvalue weighted by Gasteiger charge is 2.26. The molecule has 27 heavy (non-hydrogen) atoms. The monoisotopic (exact) mass is 368 g/mol. The average molecular weight is 368 g/mol. The molecule has 0 aliphatic carbocycles. The summed E-state index contributed by atoms with van der Waals surface area (Å²) in [5.41, 5.74) is 0.903. The Bertz CT molecular complexity index is 796. The van der Waals surface area contributed by atoms with Gasteiger partial charge in [-0.05, 0) is 56.2 Å². The third kappa shape index (κ3) is 4.58. The molecule has 0 saturated carbocycles. The van der Waals surface area contributed by atoms with Crippen molar-refractivity contribution in [3.63, 3.8) is 0 Å². The number of hydrogen-bond donors (Lipinski definition) is 2. The number of phenols is 1. The van der Waals surface area contributed by atoms with Crippen molar-refractivity contribution in [2.75, 3.05) is 19.7 Å². The van der Waals surface area contributed by atoms with E-state index in [4.69, 9.17) is 4.74 Å². The van der Waals surface area contributed by atoms with E-state index < -0.39 is 0 Å². The summed E-state index contributed by atoms with van der Waals surface area (Å²) in [5.74, 6) is 0.436. The fourth-order valence-corrected chi connectivity index (χ4v) is 3.19. The highest BCUT2D eigenvalue weighted by molar-refractivity contribution is 5.97. The van der Waals surface area contributed by atoms with Crippen LogP contribution in [0, 0.1) is 0 Å². The standard InChI is InChI=1S/C21H24N2O4/c1-2-27-17-9-7-15(8-10-17)20(25)22-16-11-13-23(14-12-16)21(26)18-5-3-4-6-19(18)24/h3-10,16,24H,2,11-14H2,1H3,(H,22,25). The van der Waals surface area contributed by atoms with E-state index in [0.29, 0.717) is 43.7 Å². The van der Waals surface area contributed by atoms with Crippen LogP contribution in [0.3, 0.4) is 0 Å². The van der Waals surface area contributed by atoms with Gasteiger partial charge in [-0.15, -0.1) is 0 Å². The van der Waals surface area contributed by atoms with E-state index in [1.807, 2.05) is 6.92 Å². The molecule has 1 aliphatic rings. The molecule has 0 radical (unpaired) electrons. The summed E-state index contributed by atoms with van der Waals surface area (Å²) >= 11 is 0. The van der Waals surface area contributed by atoms with Gasteiger partial charge in [-0.1, -0.05) is 12.1 Å². The number of benzene rings is 2. The van der Waals surface area contributed by atoms with E-state index in [9.17, 15) is 14.7 Å². The minimum atomic E-state index is -0.176. The second-order valence-electron chi connectivity index (χ2n) is 6.51. The van der Waals surface area contributed by atoms with Gasteiger partial charge in [0.15, 0.2) is 0 Å². The number of nitrogens with one attached hydrogen (secondary N) is 1. The maximum Gasteiger partial charge on any atom is 0.257 e. The zero-order chi connectivity index (χ0) is 19.2. The smallest absolute Gasteiger partial charge is 0.257 e. The van der Waals surface area contributed by atoms with Crippen molar-refractivity contribution in [3.8, 4) is 11.5 Å². The number of para-hydroxylation sites is 1. The fraction of sp³-hybridized carbons (Fsp3) is 0.333. The van der Waals surface area contributed by atoms with Gasteiger partial charge in [0, 0.05) is 24.7 Å². The van der Waals surface area contributed by atoms with Crippen molar-refractivity contribution < 1.29 is 19.4 Å². The number of carbonyl (C=O) groups excluding carboxylic acids is 2. The SMILES string of the molecule is CCOc1ccc(C(=O)NC2CCN(C(=O)c3ccccc3O)CC2)cc1. The van der Waals surface area contributed by atoms with E-state index in [1.54, 1.807) is 47.4 Å². The summed E-state index contributed by atoms with van der Waals surface area (Å²) in [7, 11) is 0. The lowest BCUT2D eigenvalue weighted by Crippen LogP contribution is -2.46. The van der Waals surface area contributed by atoms with Crippen LogP contribution in [0.1, 0.15) is 40.5 Å². The Labute approximate surface area is 158 Å². The van der Waals surface area contributed by atoms with Crippen molar-refractivity contribution in [2.24, 2.45) is 0 Å². The molecule has 2 aromatic rings. The Kier molecular flexibility index (Phi) is 5.96. The second kappa shape index (κ2) is 8.58. The van der Waals surface area contributed by atoms with Crippen LogP contribution < -0.4 is 10.1 Å². The van der Waals surface area contributed by atoms with Gasteiger partial charge in [0.05, 0.1) is 12.2 Å². The molecular weight excluding hydrogens is 344 g/mol. The first-order valence-electron chi connectivity index (χ1n) is 9.19. The molecule has 6 heteroatoms. The van der Waals surface area contributed by atoms with E-state index in [2.05, 4.69) is 5.32 Å². The highest BCUT2D eigenvalue weighted by Crippen LogP contribution is 2.21. The first-order chi connectivity index (χ1) is 13.1. The lowest BCUT2D eigenvalue weighted by molar-refractivity contribution is 0.0695. The van der Waals surface area contributed by atoms with E-state index in [-0.39, 0.29) is 23.6 Å². The topological polar surface area (TPSA) is 78.9 Å². The van der Waals surface area contributed by atoms with Gasteiger partial charge in [0.25, 0.3) is 11.8 Å². The zero-order valence-electron chi connectivity index (χ0n) is 15.4. The van der Waals surface area contributed by atoms with Crippen molar-refractivity contribution in [3.05, 3.63) is 59.7 Å². The van der Waals surface area contributed by atoms with Crippen LogP contribution >= 0.6 is 0 Å². The van der Waals surface area contributed by atoms with Crippen molar-refractivity contribution >= 4 is 11.8 Å². The zero-order valence-corrected chi connectivity index (χ0v) is 15.4. The summed E-state index contributed by atoms with van der Waals surface area (Å²) in [6, 6.07) is 13.6. The second-order valence-corrected chi connectivity index (χ2v) is 6.51. The van der Waals surface area contributed by atoms with E-state index in [0.717, 1.165) is 5.75 Å². The molecule has 0 atom stereocenters. The number of nitrogens with zero attached hydrogens (tertiary/aromatic N) is 1. The first kappa shape index (κ1) is 18.8. The van der Waals surface area contributed by atoms with Gasteiger partial charge in [-0.3, -0.25) is 9.59 Å². The molecule has 3 rings (SSSR count). The number of amides is 2. The maximum absolute atomic E-state index is 12.5. The number of hydrogen-bond acceptors (Lipinski definition) is 4. The number of aromatic hydroxyl groups is 1. The van der Waals surface area contributed by atoms with Crippen molar-refractivity contribution in [1.29, 1.82) is 0 Å². The maximum atomic E-state index is 12.5. The molecule has 0 bridgehead atoms. The molecule has 0 aromatic heterocycles. The molecule has 1 saturated heterocycles. The molecule has 1 heterocycles. The normalized spacial score (nSPS) is 14.6. The largest absolute Gasteiger partial charge is 0.507 e. The Balaban J connectivity index is 1.52. The van der Waals surface area contributed by atoms with Crippen LogP contribution in [-0.2, 0) is 0 Å². The lowest BCUT2D eigenvalue weighted by atomic mass is 10.0. The van der Waals surface area contributed by atoms with Crippen LogP contribution in [0.25, 0.3) is 0 Å². The third-order valence-corrected chi connectivity index (χ3v) is 4.68. The Morgan fingerprint density at radius 3 is 2.41 bits per heavy atom. The summed E-state index contributed by atoms with van der Waals surface area (Å²) in [6.45, 7) is 3.59. The van der Waals surface area contributed by atoms with Gasteiger partial charge in [0.2, 0.25) is 0 Å². The summed E-state index contributed by atoms with van der Waals surface area (Å²) in [4.78, 5) is 26.6. The Morgan fingerprint density at radius 1 is 1.11 bits per heavy atom. The van der Waals surface area contributed by atoms with Gasteiger partial charge >= 0.3 is 0 Å². The van der Waals surface area contributed by atoms with Crippen LogP contribution in [-0.4, -0.2) is 47.6 Å². The number of likely N-dealkylation sites (tertiary alicyclic amines) is 1. The highest BCUT2D eigenvalue weighted by atomic mass is 16.5. The summed E-state index contributed by atoms with van der Waals surface area (Å²) in [6.07, 6.45) is 1.37. The van der Waals surface area contributed by atoms with Gasteiger partial charge in [-0.25, -0.2) is 0 Å². The van der Waals surface area contributed by atoms with E-state index in [1.165, 1.54) is 6.07 Å². The Hall–Kier alpha value is -3.02. The predicted molar refractivity (Wildman–Crippen MR) is 102 cm³/mol. The molecule has 2 aromatic carbocycles. The number of carbonyl (C=O) groups is 2. The van der Waals surface area contributed by atoms with Gasteiger partial charge in [0.1, 0.15) is 11.5 Å². The summed E-state index contributed by atoms with van der Waals surface area (Å²) < 4.78 is 5.38. The number of ether oxygens (including phenoxy) is 1. The lowest BCUT2D eigenvalue weighted by Gasteiger charge is -2.32. The number of piperidine rings is 1. The molecule has 0 spiro atoms. The van der Waals surface area contributed by atoms with Crippen molar-refractivity contribution in [2.45, 2.75) is 25.8 Å². The minimum Gasteiger partial charge on any atom is -0.507 e. The predicted octanol–water partition coefficient (Wildman–Crippen LogP) is 2.83. The van der Waals surface area contributed by atoms with Crippen LogP contribution in [0.5, 0.6) is 11.5 Å². The third-order valence-electron chi connectivity index (χ3n) is 4.68. The molecular formula is C21H24N2O4. The number of phenolic OH excluding ortho intramolecular Hbond substituents is 1. The molecule has 1 fully saturated rings. The summed E-state index contributed by atoms with van der Waals surface area (Å²) in [5, 5.41) is 12.9. The molecule has 142 valence electrons. The molecule has 6 nitrogen and oxygen atoms in total. The van der Waals surface area contributed by atoms with E-state index >= 15 is 0 Å².